The van der Waals surface area contributed by atoms with Crippen LogP contribution in [0.3, 0.4) is 0 Å². The highest BCUT2D eigenvalue weighted by atomic mass is 79.9. The molecule has 1 aromatic carbocycles. The van der Waals surface area contributed by atoms with Gasteiger partial charge in [-0.05, 0) is 49.3 Å². The lowest BCUT2D eigenvalue weighted by Crippen LogP contribution is -2.27. The fourth-order valence-electron chi connectivity index (χ4n) is 3.16. The molecule has 1 saturated carbocycles. The highest BCUT2D eigenvalue weighted by Gasteiger charge is 2.19. The zero-order chi connectivity index (χ0) is 14.5. The molecule has 1 aromatic rings. The van der Waals surface area contributed by atoms with Crippen molar-refractivity contribution >= 4 is 21.8 Å². The molecule has 0 bridgehead atoms. The minimum absolute atomic E-state index is 0.0488. The van der Waals surface area contributed by atoms with E-state index in [1.807, 2.05) is 25.1 Å². The van der Waals surface area contributed by atoms with Gasteiger partial charge in [-0.2, -0.15) is 0 Å². The van der Waals surface area contributed by atoms with E-state index in [0.717, 1.165) is 40.4 Å². The van der Waals surface area contributed by atoms with Crippen LogP contribution >= 0.6 is 15.9 Å². The maximum atomic E-state index is 12.2. The third-order valence-electron chi connectivity index (χ3n) is 4.40. The molecule has 1 N–H and O–H groups in total. The average Bonchev–Trinajstić information content (AvgIpc) is 2.42. The summed E-state index contributed by atoms with van der Waals surface area (Å²) in [5.74, 6) is 1.70. The number of rotatable bonds is 4. The van der Waals surface area contributed by atoms with Crippen molar-refractivity contribution < 1.29 is 4.79 Å². The number of carbonyl (C=O) groups is 1. The summed E-state index contributed by atoms with van der Waals surface area (Å²) in [6.07, 6.45) is 6.50. The molecule has 1 amide bonds. The van der Waals surface area contributed by atoms with Gasteiger partial charge < -0.3 is 5.32 Å². The SMILES string of the molecule is Cc1c(Br)cccc1C(=O)NCCC1CCCC(C)C1. The standard InChI is InChI=1S/C17H24BrNO/c1-12-5-3-6-14(11-12)9-10-19-17(20)15-7-4-8-16(18)13(15)2/h4,7-8,12,14H,3,5-6,9-11H2,1-2H3,(H,19,20). The summed E-state index contributed by atoms with van der Waals surface area (Å²) in [6, 6.07) is 5.77. The summed E-state index contributed by atoms with van der Waals surface area (Å²) < 4.78 is 0.992. The van der Waals surface area contributed by atoms with Gasteiger partial charge in [0, 0.05) is 16.6 Å². The first-order chi connectivity index (χ1) is 9.58. The van der Waals surface area contributed by atoms with Gasteiger partial charge in [0.1, 0.15) is 0 Å². The molecular weight excluding hydrogens is 314 g/mol. The van der Waals surface area contributed by atoms with Crippen LogP contribution in [0.4, 0.5) is 0 Å². The van der Waals surface area contributed by atoms with Crippen LogP contribution in [0.25, 0.3) is 0 Å². The molecule has 2 rings (SSSR count). The van der Waals surface area contributed by atoms with E-state index in [-0.39, 0.29) is 5.91 Å². The Morgan fingerprint density at radius 1 is 1.40 bits per heavy atom. The van der Waals surface area contributed by atoms with Crippen LogP contribution < -0.4 is 5.32 Å². The van der Waals surface area contributed by atoms with E-state index in [0.29, 0.717) is 0 Å². The largest absolute Gasteiger partial charge is 0.352 e. The van der Waals surface area contributed by atoms with Crippen molar-refractivity contribution in [2.75, 3.05) is 6.54 Å². The Hall–Kier alpha value is -0.830. The lowest BCUT2D eigenvalue weighted by Gasteiger charge is -2.26. The van der Waals surface area contributed by atoms with Gasteiger partial charge in [-0.15, -0.1) is 0 Å². The molecule has 3 heteroatoms. The van der Waals surface area contributed by atoms with Crippen LogP contribution in [0.2, 0.25) is 0 Å². The Balaban J connectivity index is 1.82. The Labute approximate surface area is 130 Å². The van der Waals surface area contributed by atoms with Crippen LogP contribution in [-0.2, 0) is 0 Å². The van der Waals surface area contributed by atoms with E-state index in [2.05, 4.69) is 28.2 Å². The Bertz CT molecular complexity index is 472. The molecule has 110 valence electrons. The van der Waals surface area contributed by atoms with Crippen LogP contribution in [0.5, 0.6) is 0 Å². The Morgan fingerprint density at radius 3 is 2.95 bits per heavy atom. The van der Waals surface area contributed by atoms with Crippen molar-refractivity contribution in [1.82, 2.24) is 5.32 Å². The maximum absolute atomic E-state index is 12.2. The van der Waals surface area contributed by atoms with Gasteiger partial charge in [-0.1, -0.05) is 48.2 Å². The molecule has 0 spiro atoms. The number of amides is 1. The van der Waals surface area contributed by atoms with Crippen molar-refractivity contribution in [2.45, 2.75) is 46.0 Å². The van der Waals surface area contributed by atoms with Gasteiger partial charge >= 0.3 is 0 Å². The minimum atomic E-state index is 0.0488. The van der Waals surface area contributed by atoms with Gasteiger partial charge in [0.25, 0.3) is 5.91 Å². The molecule has 2 atom stereocenters. The van der Waals surface area contributed by atoms with Gasteiger partial charge in [-0.25, -0.2) is 0 Å². The fraction of sp³-hybridized carbons (Fsp3) is 0.588. The molecule has 20 heavy (non-hydrogen) atoms. The van der Waals surface area contributed by atoms with Crippen molar-refractivity contribution in [1.29, 1.82) is 0 Å². The molecule has 0 aliphatic heterocycles. The summed E-state index contributed by atoms with van der Waals surface area (Å²) in [6.45, 7) is 5.11. The third kappa shape index (κ3) is 4.08. The van der Waals surface area contributed by atoms with E-state index in [9.17, 15) is 4.79 Å². The first-order valence-corrected chi connectivity index (χ1v) is 8.40. The lowest BCUT2D eigenvalue weighted by molar-refractivity contribution is 0.0949. The number of halogens is 1. The zero-order valence-electron chi connectivity index (χ0n) is 12.4. The van der Waals surface area contributed by atoms with E-state index < -0.39 is 0 Å². The second kappa shape index (κ2) is 7.26. The van der Waals surface area contributed by atoms with Crippen LogP contribution in [0, 0.1) is 18.8 Å². The minimum Gasteiger partial charge on any atom is -0.352 e. The van der Waals surface area contributed by atoms with Gasteiger partial charge in [0.15, 0.2) is 0 Å². The summed E-state index contributed by atoms with van der Waals surface area (Å²) in [7, 11) is 0. The molecule has 0 aromatic heterocycles. The van der Waals surface area contributed by atoms with E-state index >= 15 is 0 Å². The quantitative estimate of drug-likeness (QED) is 0.847. The normalized spacial score (nSPS) is 22.6. The van der Waals surface area contributed by atoms with Gasteiger partial charge in [0.2, 0.25) is 0 Å². The number of nitrogens with one attached hydrogen (secondary N) is 1. The summed E-state index contributed by atoms with van der Waals surface area (Å²) in [5.41, 5.74) is 1.78. The average molecular weight is 338 g/mol. The van der Waals surface area contributed by atoms with Crippen molar-refractivity contribution in [3.63, 3.8) is 0 Å². The number of benzene rings is 1. The lowest BCUT2D eigenvalue weighted by atomic mass is 9.81. The summed E-state index contributed by atoms with van der Waals surface area (Å²) >= 11 is 3.47. The molecule has 0 radical (unpaired) electrons. The van der Waals surface area contributed by atoms with Crippen molar-refractivity contribution in [3.05, 3.63) is 33.8 Å². The maximum Gasteiger partial charge on any atom is 0.251 e. The molecule has 1 fully saturated rings. The summed E-state index contributed by atoms with van der Waals surface area (Å²) in [5, 5.41) is 3.07. The predicted octanol–water partition coefficient (Wildman–Crippen LogP) is 4.70. The van der Waals surface area contributed by atoms with Gasteiger partial charge in [-0.3, -0.25) is 4.79 Å². The molecule has 1 aliphatic rings. The molecule has 2 nitrogen and oxygen atoms in total. The van der Waals surface area contributed by atoms with Gasteiger partial charge in [0.05, 0.1) is 0 Å². The highest BCUT2D eigenvalue weighted by molar-refractivity contribution is 9.10. The molecule has 1 aliphatic carbocycles. The summed E-state index contributed by atoms with van der Waals surface area (Å²) in [4.78, 5) is 12.2. The predicted molar refractivity (Wildman–Crippen MR) is 87.0 cm³/mol. The third-order valence-corrected chi connectivity index (χ3v) is 5.25. The first kappa shape index (κ1) is 15.6. The molecule has 0 heterocycles. The van der Waals surface area contributed by atoms with Crippen LogP contribution in [-0.4, -0.2) is 12.5 Å². The van der Waals surface area contributed by atoms with Crippen molar-refractivity contribution in [2.24, 2.45) is 11.8 Å². The van der Waals surface area contributed by atoms with E-state index in [4.69, 9.17) is 0 Å². The van der Waals surface area contributed by atoms with Crippen LogP contribution in [0.1, 0.15) is 54.9 Å². The molecule has 2 unspecified atom stereocenters. The highest BCUT2D eigenvalue weighted by Crippen LogP contribution is 2.30. The Kier molecular flexibility index (Phi) is 5.64. The zero-order valence-corrected chi connectivity index (χ0v) is 14.0. The second-order valence-electron chi connectivity index (χ2n) is 6.09. The van der Waals surface area contributed by atoms with E-state index in [1.165, 1.54) is 25.7 Å². The topological polar surface area (TPSA) is 29.1 Å². The number of hydrogen-bond donors (Lipinski definition) is 1. The molecule has 0 saturated heterocycles. The smallest absolute Gasteiger partial charge is 0.251 e. The first-order valence-electron chi connectivity index (χ1n) is 7.61. The van der Waals surface area contributed by atoms with Crippen LogP contribution in [0.15, 0.2) is 22.7 Å². The molecular formula is C17H24BrNO. The second-order valence-corrected chi connectivity index (χ2v) is 6.95. The monoisotopic (exact) mass is 337 g/mol. The number of hydrogen-bond acceptors (Lipinski definition) is 1. The fourth-order valence-corrected chi connectivity index (χ4v) is 3.53. The number of carbonyl (C=O) groups excluding carboxylic acids is 1. The Morgan fingerprint density at radius 2 is 2.20 bits per heavy atom. The van der Waals surface area contributed by atoms with Crippen molar-refractivity contribution in [3.8, 4) is 0 Å². The van der Waals surface area contributed by atoms with E-state index in [1.54, 1.807) is 0 Å².